The van der Waals surface area contributed by atoms with Gasteiger partial charge < -0.3 is 0 Å². The van der Waals surface area contributed by atoms with E-state index in [1.54, 1.807) is 6.21 Å². The van der Waals surface area contributed by atoms with Gasteiger partial charge in [0.25, 0.3) is 5.95 Å². The Bertz CT molecular complexity index is 378. The van der Waals surface area contributed by atoms with Gasteiger partial charge in [0.1, 0.15) is 0 Å². The van der Waals surface area contributed by atoms with Gasteiger partial charge in [-0.3, -0.25) is 0 Å². The van der Waals surface area contributed by atoms with Crippen LogP contribution >= 0.6 is 0 Å². The van der Waals surface area contributed by atoms with E-state index in [0.29, 0.717) is 5.95 Å². The number of nitrogens with one attached hydrogen (secondary N) is 1. The van der Waals surface area contributed by atoms with Crippen LogP contribution in [0.1, 0.15) is 5.56 Å². The summed E-state index contributed by atoms with van der Waals surface area (Å²) in [5.41, 5.74) is 1.01. The number of aliphatic imine (C=N–C) groups is 1. The minimum absolute atomic E-state index is 0.337. The van der Waals surface area contributed by atoms with Gasteiger partial charge in [-0.25, -0.2) is 4.99 Å². The normalized spacial score (nSPS) is 10.8. The molecule has 0 saturated heterocycles. The zero-order chi connectivity index (χ0) is 8.93. The molecule has 0 amide bonds. The first-order chi connectivity index (χ1) is 6.45. The monoisotopic (exact) mass is 173 g/mol. The Hall–Kier alpha value is -2.04. The van der Waals surface area contributed by atoms with Gasteiger partial charge in [-0.15, -0.1) is 5.10 Å². The van der Waals surface area contributed by atoms with Crippen LogP contribution in [0.25, 0.3) is 0 Å². The fourth-order valence-electron chi connectivity index (χ4n) is 0.883. The Kier molecular flexibility index (Phi) is 2.09. The van der Waals surface area contributed by atoms with Crippen LogP contribution in [-0.2, 0) is 0 Å². The molecule has 0 spiro atoms. The van der Waals surface area contributed by atoms with Crippen molar-refractivity contribution in [1.29, 1.82) is 0 Å². The van der Waals surface area contributed by atoms with Gasteiger partial charge in [-0.1, -0.05) is 35.4 Å². The lowest BCUT2D eigenvalue weighted by molar-refractivity contribution is 0.881. The summed E-state index contributed by atoms with van der Waals surface area (Å²) in [7, 11) is 0. The first-order valence-electron chi connectivity index (χ1n) is 3.78. The van der Waals surface area contributed by atoms with Crippen LogP contribution in [0.2, 0.25) is 0 Å². The lowest BCUT2D eigenvalue weighted by atomic mass is 10.2. The third kappa shape index (κ3) is 1.96. The third-order valence-electron chi connectivity index (χ3n) is 1.46. The van der Waals surface area contributed by atoms with Gasteiger partial charge in [0.05, 0.1) is 0 Å². The highest BCUT2D eigenvalue weighted by atomic mass is 15.5. The van der Waals surface area contributed by atoms with E-state index in [0.717, 1.165) is 5.56 Å². The van der Waals surface area contributed by atoms with Gasteiger partial charge in [0.15, 0.2) is 0 Å². The molecular formula is C8H7N5. The summed E-state index contributed by atoms with van der Waals surface area (Å²) >= 11 is 0. The van der Waals surface area contributed by atoms with E-state index in [1.807, 2.05) is 30.3 Å². The standard InChI is InChI=1S/C8H7N5/c1-2-4-7(5-3-1)6-9-8-10-12-13-11-8/h1-6H,(H,10,11,12,13)/b9-6-. The van der Waals surface area contributed by atoms with Crippen molar-refractivity contribution < 1.29 is 0 Å². The van der Waals surface area contributed by atoms with Gasteiger partial charge >= 0.3 is 0 Å². The first kappa shape index (κ1) is 7.60. The van der Waals surface area contributed by atoms with Crippen LogP contribution in [0, 0.1) is 0 Å². The number of hydrogen-bond acceptors (Lipinski definition) is 4. The molecule has 5 heteroatoms. The first-order valence-corrected chi connectivity index (χ1v) is 3.78. The highest BCUT2D eigenvalue weighted by Gasteiger charge is 1.90. The van der Waals surface area contributed by atoms with Gasteiger partial charge in [0.2, 0.25) is 0 Å². The molecule has 0 fully saturated rings. The number of aromatic amines is 1. The van der Waals surface area contributed by atoms with E-state index in [9.17, 15) is 0 Å². The lowest BCUT2D eigenvalue weighted by Gasteiger charge is -1.87. The molecule has 0 aliphatic heterocycles. The van der Waals surface area contributed by atoms with Crippen molar-refractivity contribution in [1.82, 2.24) is 20.6 Å². The van der Waals surface area contributed by atoms with Crippen molar-refractivity contribution in [2.24, 2.45) is 4.99 Å². The zero-order valence-corrected chi connectivity index (χ0v) is 6.75. The topological polar surface area (TPSA) is 66.8 Å². The summed E-state index contributed by atoms with van der Waals surface area (Å²) < 4.78 is 0. The fraction of sp³-hybridized carbons (Fsp3) is 0. The van der Waals surface area contributed by atoms with Gasteiger partial charge in [-0.05, 0) is 10.8 Å². The Labute approximate surface area is 74.5 Å². The van der Waals surface area contributed by atoms with Crippen molar-refractivity contribution in [2.75, 3.05) is 0 Å². The molecule has 0 aliphatic rings. The van der Waals surface area contributed by atoms with E-state index < -0.39 is 0 Å². The van der Waals surface area contributed by atoms with Gasteiger partial charge in [0, 0.05) is 6.21 Å². The summed E-state index contributed by atoms with van der Waals surface area (Å²) in [5, 5.41) is 13.1. The maximum Gasteiger partial charge on any atom is 0.288 e. The summed E-state index contributed by atoms with van der Waals surface area (Å²) in [6, 6.07) is 9.73. The molecule has 5 nitrogen and oxygen atoms in total. The molecule has 1 aromatic carbocycles. The van der Waals surface area contributed by atoms with Crippen molar-refractivity contribution in [2.45, 2.75) is 0 Å². The molecule has 1 heterocycles. The van der Waals surface area contributed by atoms with Gasteiger partial charge in [-0.2, -0.15) is 5.21 Å². The van der Waals surface area contributed by atoms with Crippen molar-refractivity contribution in [3.63, 3.8) is 0 Å². The molecule has 64 valence electrons. The average molecular weight is 173 g/mol. The van der Waals surface area contributed by atoms with E-state index in [1.165, 1.54) is 0 Å². The minimum Gasteiger partial charge on any atom is -0.216 e. The molecular weight excluding hydrogens is 166 g/mol. The Morgan fingerprint density at radius 1 is 1.23 bits per heavy atom. The maximum absolute atomic E-state index is 4.00. The Morgan fingerprint density at radius 2 is 2.08 bits per heavy atom. The molecule has 0 unspecified atom stereocenters. The number of nitrogens with zero attached hydrogens (tertiary/aromatic N) is 4. The predicted molar refractivity (Wildman–Crippen MR) is 47.9 cm³/mol. The van der Waals surface area contributed by atoms with Crippen molar-refractivity contribution in [3.05, 3.63) is 35.9 Å². The van der Waals surface area contributed by atoms with Crippen LogP contribution in [-0.4, -0.2) is 26.8 Å². The number of hydrogen-bond donors (Lipinski definition) is 1. The highest BCUT2D eigenvalue weighted by Crippen LogP contribution is 1.99. The number of tetrazole rings is 1. The summed E-state index contributed by atoms with van der Waals surface area (Å²) in [6.45, 7) is 0. The summed E-state index contributed by atoms with van der Waals surface area (Å²) in [4.78, 5) is 4.00. The molecule has 2 aromatic rings. The van der Waals surface area contributed by atoms with E-state index in [2.05, 4.69) is 25.6 Å². The third-order valence-corrected chi connectivity index (χ3v) is 1.46. The Balaban J connectivity index is 2.15. The minimum atomic E-state index is 0.337. The SMILES string of the molecule is C(=N/c1nn[nH]n1)/c1ccccc1. The van der Waals surface area contributed by atoms with E-state index in [4.69, 9.17) is 0 Å². The van der Waals surface area contributed by atoms with Crippen LogP contribution < -0.4 is 0 Å². The van der Waals surface area contributed by atoms with E-state index >= 15 is 0 Å². The molecule has 0 saturated carbocycles. The second-order valence-corrected chi connectivity index (χ2v) is 2.38. The van der Waals surface area contributed by atoms with E-state index in [-0.39, 0.29) is 0 Å². The lowest BCUT2D eigenvalue weighted by Crippen LogP contribution is -1.78. The largest absolute Gasteiger partial charge is 0.288 e. The Morgan fingerprint density at radius 3 is 2.77 bits per heavy atom. The molecule has 1 N–H and O–H groups in total. The fourth-order valence-corrected chi connectivity index (χ4v) is 0.883. The summed E-state index contributed by atoms with van der Waals surface area (Å²) in [6.07, 6.45) is 1.69. The van der Waals surface area contributed by atoms with Crippen LogP contribution in [0.15, 0.2) is 35.3 Å². The van der Waals surface area contributed by atoms with Crippen LogP contribution in [0.4, 0.5) is 5.95 Å². The smallest absolute Gasteiger partial charge is 0.216 e. The van der Waals surface area contributed by atoms with Crippen molar-refractivity contribution >= 4 is 12.2 Å². The second-order valence-electron chi connectivity index (χ2n) is 2.38. The second kappa shape index (κ2) is 3.57. The molecule has 0 bridgehead atoms. The molecule has 13 heavy (non-hydrogen) atoms. The molecule has 1 aromatic heterocycles. The number of H-pyrrole nitrogens is 1. The average Bonchev–Trinajstić information content (AvgIpc) is 2.69. The molecule has 0 radical (unpaired) electrons. The number of benzene rings is 1. The maximum atomic E-state index is 4.00. The molecule has 2 rings (SSSR count). The summed E-state index contributed by atoms with van der Waals surface area (Å²) in [5.74, 6) is 0.337. The highest BCUT2D eigenvalue weighted by molar-refractivity contribution is 5.80. The molecule has 0 atom stereocenters. The molecule has 0 aliphatic carbocycles. The quantitative estimate of drug-likeness (QED) is 0.687. The number of aromatic nitrogens is 4. The zero-order valence-electron chi connectivity index (χ0n) is 6.75. The van der Waals surface area contributed by atoms with Crippen molar-refractivity contribution in [3.8, 4) is 0 Å². The van der Waals surface area contributed by atoms with Crippen LogP contribution in [0.3, 0.4) is 0 Å². The van der Waals surface area contributed by atoms with Crippen LogP contribution in [0.5, 0.6) is 0 Å². The predicted octanol–water partition coefficient (Wildman–Crippen LogP) is 0.950. The number of rotatable bonds is 2.